The van der Waals surface area contributed by atoms with Gasteiger partial charge in [0.25, 0.3) is 0 Å². The number of aliphatic hydroxyl groups excluding tert-OH is 1. The van der Waals surface area contributed by atoms with Crippen molar-refractivity contribution >= 4 is 0 Å². The summed E-state index contributed by atoms with van der Waals surface area (Å²) in [5.41, 5.74) is 1.82. The first-order chi connectivity index (χ1) is 9.52. The van der Waals surface area contributed by atoms with E-state index >= 15 is 0 Å². The van der Waals surface area contributed by atoms with Crippen LogP contribution >= 0.6 is 0 Å². The maximum Gasteiger partial charge on any atom is 0.142 e. The largest absolute Gasteiger partial charge is 0.489 e. The van der Waals surface area contributed by atoms with Crippen molar-refractivity contribution in [1.29, 1.82) is 0 Å². The molecule has 0 aliphatic rings. The quantitative estimate of drug-likeness (QED) is 0.721. The van der Waals surface area contributed by atoms with Crippen LogP contribution in [0.1, 0.15) is 32.2 Å². The van der Waals surface area contributed by atoms with Crippen molar-refractivity contribution in [2.75, 3.05) is 19.8 Å². The monoisotopic (exact) mass is 282 g/mol. The number of ether oxygens (including phenoxy) is 2. The Kier molecular flexibility index (Phi) is 7.51. The molecule has 0 fully saturated rings. The van der Waals surface area contributed by atoms with Gasteiger partial charge in [-0.25, -0.2) is 0 Å². The van der Waals surface area contributed by atoms with E-state index < -0.39 is 6.10 Å². The zero-order valence-corrected chi connectivity index (χ0v) is 12.8. The van der Waals surface area contributed by atoms with Crippen molar-refractivity contribution in [1.82, 2.24) is 10.3 Å². The number of aliphatic hydroxyl groups is 1. The Labute approximate surface area is 121 Å². The predicted octanol–water partition coefficient (Wildman–Crippen LogP) is 1.66. The first-order valence-corrected chi connectivity index (χ1v) is 7.12. The normalized spacial score (nSPS) is 12.7. The fourth-order valence-electron chi connectivity index (χ4n) is 1.64. The standard InChI is InChI=1S/C15H26N2O3/c1-5-16-8-14-15(7-6-12(4)17-14)20-10-13(18)9-19-11(2)3/h6-7,11,13,16,18H,5,8-10H2,1-4H3. The summed E-state index contributed by atoms with van der Waals surface area (Å²) in [6.07, 6.45) is -0.527. The molecule has 1 aromatic heterocycles. The summed E-state index contributed by atoms with van der Waals surface area (Å²) < 4.78 is 11.0. The van der Waals surface area contributed by atoms with Crippen LogP contribution in [0.3, 0.4) is 0 Å². The number of pyridine rings is 1. The molecule has 0 saturated heterocycles. The molecule has 0 aromatic carbocycles. The first kappa shape index (κ1) is 16.9. The number of nitrogens with one attached hydrogen (secondary N) is 1. The third-order valence-corrected chi connectivity index (χ3v) is 2.67. The van der Waals surface area contributed by atoms with Crippen molar-refractivity contribution < 1.29 is 14.6 Å². The van der Waals surface area contributed by atoms with Gasteiger partial charge >= 0.3 is 0 Å². The maximum absolute atomic E-state index is 9.79. The Morgan fingerprint density at radius 3 is 2.70 bits per heavy atom. The Morgan fingerprint density at radius 2 is 2.05 bits per heavy atom. The highest BCUT2D eigenvalue weighted by Crippen LogP contribution is 2.17. The van der Waals surface area contributed by atoms with Gasteiger partial charge in [-0.2, -0.15) is 0 Å². The molecular weight excluding hydrogens is 256 g/mol. The summed E-state index contributed by atoms with van der Waals surface area (Å²) in [5.74, 6) is 0.708. The van der Waals surface area contributed by atoms with Crippen LogP contribution in [0.15, 0.2) is 12.1 Å². The Bertz CT molecular complexity index is 397. The van der Waals surface area contributed by atoms with E-state index in [-0.39, 0.29) is 19.3 Å². The molecule has 2 N–H and O–H groups in total. The second-order valence-corrected chi connectivity index (χ2v) is 5.02. The van der Waals surface area contributed by atoms with E-state index in [1.165, 1.54) is 0 Å². The molecule has 5 nitrogen and oxygen atoms in total. The van der Waals surface area contributed by atoms with Gasteiger partial charge in [-0.05, 0) is 39.4 Å². The van der Waals surface area contributed by atoms with Gasteiger partial charge in [0.1, 0.15) is 18.5 Å². The number of aryl methyl sites for hydroxylation is 1. The van der Waals surface area contributed by atoms with Gasteiger partial charge in [-0.3, -0.25) is 4.98 Å². The number of rotatable bonds is 9. The number of nitrogens with zero attached hydrogens (tertiary/aromatic N) is 1. The minimum absolute atomic E-state index is 0.106. The zero-order valence-electron chi connectivity index (χ0n) is 12.8. The van der Waals surface area contributed by atoms with Gasteiger partial charge in [-0.15, -0.1) is 0 Å². The van der Waals surface area contributed by atoms with Crippen molar-refractivity contribution in [3.05, 3.63) is 23.5 Å². The Balaban J connectivity index is 2.53. The van der Waals surface area contributed by atoms with Crippen LogP contribution in [0.4, 0.5) is 0 Å². The topological polar surface area (TPSA) is 63.6 Å². The van der Waals surface area contributed by atoms with Crippen LogP contribution in [0.25, 0.3) is 0 Å². The molecule has 1 heterocycles. The summed E-state index contributed by atoms with van der Waals surface area (Å²) in [4.78, 5) is 4.46. The lowest BCUT2D eigenvalue weighted by molar-refractivity contribution is -0.0124. The molecule has 0 amide bonds. The van der Waals surface area contributed by atoms with Crippen LogP contribution < -0.4 is 10.1 Å². The van der Waals surface area contributed by atoms with Crippen LogP contribution in [0, 0.1) is 6.92 Å². The third kappa shape index (κ3) is 6.32. The number of hydrogen-bond acceptors (Lipinski definition) is 5. The van der Waals surface area contributed by atoms with E-state index in [1.807, 2.05) is 39.8 Å². The Morgan fingerprint density at radius 1 is 1.30 bits per heavy atom. The van der Waals surface area contributed by atoms with Crippen LogP contribution in [0.5, 0.6) is 5.75 Å². The van der Waals surface area contributed by atoms with E-state index in [9.17, 15) is 5.11 Å². The Hall–Kier alpha value is -1.17. The van der Waals surface area contributed by atoms with E-state index in [4.69, 9.17) is 9.47 Å². The molecule has 0 aliphatic carbocycles. The van der Waals surface area contributed by atoms with Gasteiger partial charge in [0.2, 0.25) is 0 Å². The summed E-state index contributed by atoms with van der Waals surface area (Å²) in [7, 11) is 0. The van der Waals surface area contributed by atoms with Crippen molar-refractivity contribution in [2.45, 2.75) is 46.4 Å². The average Bonchev–Trinajstić information content (AvgIpc) is 2.41. The summed E-state index contributed by atoms with van der Waals surface area (Å²) >= 11 is 0. The van der Waals surface area contributed by atoms with Gasteiger partial charge in [0.15, 0.2) is 0 Å². The molecule has 1 rings (SSSR count). The van der Waals surface area contributed by atoms with Crippen LogP contribution in [-0.4, -0.2) is 42.1 Å². The fourth-order valence-corrected chi connectivity index (χ4v) is 1.64. The lowest BCUT2D eigenvalue weighted by Gasteiger charge is -2.16. The molecule has 114 valence electrons. The molecule has 1 aromatic rings. The molecule has 0 radical (unpaired) electrons. The molecule has 20 heavy (non-hydrogen) atoms. The number of aromatic nitrogens is 1. The van der Waals surface area contributed by atoms with Gasteiger partial charge in [-0.1, -0.05) is 6.92 Å². The SMILES string of the molecule is CCNCc1nc(C)ccc1OCC(O)COC(C)C. The van der Waals surface area contributed by atoms with Crippen molar-refractivity contribution in [3.63, 3.8) is 0 Å². The second kappa shape index (κ2) is 8.89. The van der Waals surface area contributed by atoms with E-state index in [0.29, 0.717) is 12.3 Å². The van der Waals surface area contributed by atoms with E-state index in [1.54, 1.807) is 0 Å². The minimum Gasteiger partial charge on any atom is -0.489 e. The second-order valence-electron chi connectivity index (χ2n) is 5.02. The van der Waals surface area contributed by atoms with Gasteiger partial charge in [0, 0.05) is 12.2 Å². The number of hydrogen-bond donors (Lipinski definition) is 2. The highest BCUT2D eigenvalue weighted by atomic mass is 16.5. The first-order valence-electron chi connectivity index (χ1n) is 7.12. The van der Waals surface area contributed by atoms with E-state index in [2.05, 4.69) is 10.3 Å². The highest BCUT2D eigenvalue weighted by molar-refractivity contribution is 5.29. The molecule has 1 atom stereocenters. The van der Waals surface area contributed by atoms with Gasteiger partial charge < -0.3 is 19.9 Å². The minimum atomic E-state index is -0.634. The molecule has 5 heteroatoms. The molecular formula is C15H26N2O3. The zero-order chi connectivity index (χ0) is 15.0. The van der Waals surface area contributed by atoms with Crippen LogP contribution in [-0.2, 0) is 11.3 Å². The average molecular weight is 282 g/mol. The lowest BCUT2D eigenvalue weighted by atomic mass is 10.2. The maximum atomic E-state index is 9.79. The van der Waals surface area contributed by atoms with Crippen LogP contribution in [0.2, 0.25) is 0 Å². The molecule has 0 aliphatic heterocycles. The molecule has 0 saturated carbocycles. The van der Waals surface area contributed by atoms with E-state index in [0.717, 1.165) is 17.9 Å². The third-order valence-electron chi connectivity index (χ3n) is 2.67. The summed E-state index contributed by atoms with van der Waals surface area (Å²) in [6, 6.07) is 3.80. The van der Waals surface area contributed by atoms with Gasteiger partial charge in [0.05, 0.1) is 18.4 Å². The predicted molar refractivity (Wildman–Crippen MR) is 78.9 cm³/mol. The smallest absolute Gasteiger partial charge is 0.142 e. The molecule has 1 unspecified atom stereocenters. The summed E-state index contributed by atoms with van der Waals surface area (Å²) in [5, 5.41) is 13.0. The molecule has 0 spiro atoms. The van der Waals surface area contributed by atoms with Crippen molar-refractivity contribution in [2.24, 2.45) is 0 Å². The highest BCUT2D eigenvalue weighted by Gasteiger charge is 2.10. The molecule has 0 bridgehead atoms. The lowest BCUT2D eigenvalue weighted by Crippen LogP contribution is -2.25. The van der Waals surface area contributed by atoms with Crippen molar-refractivity contribution in [3.8, 4) is 5.75 Å². The fraction of sp³-hybridized carbons (Fsp3) is 0.667. The summed E-state index contributed by atoms with van der Waals surface area (Å²) in [6.45, 7) is 9.88.